The Hall–Kier alpha value is -3.40. The van der Waals surface area contributed by atoms with Crippen molar-refractivity contribution >= 4 is 45.6 Å². The van der Waals surface area contributed by atoms with Crippen LogP contribution in [0.3, 0.4) is 0 Å². The van der Waals surface area contributed by atoms with Gasteiger partial charge in [0.25, 0.3) is 0 Å². The number of rotatable bonds is 7. The standard InChI is InChI=1S/C24H29N5O4S/c1-14(2)17(11-21(30)33-3)23(32)29-10-4-5-18(29)22(31)26-20-13-28-12-19(34-24(28)27-20)15-6-8-16(25)9-7-15/h6-9,12-14,17-18H,4-5,10-11,25H2,1-3H3,(H,26,31)/t17-,18-/m0/s1. The summed E-state index contributed by atoms with van der Waals surface area (Å²) in [7, 11) is 1.31. The molecular weight excluding hydrogens is 454 g/mol. The topological polar surface area (TPSA) is 119 Å². The van der Waals surface area contributed by atoms with Gasteiger partial charge in [-0.15, -0.1) is 0 Å². The summed E-state index contributed by atoms with van der Waals surface area (Å²) in [5.41, 5.74) is 7.52. The number of nitrogens with one attached hydrogen (secondary N) is 1. The van der Waals surface area contributed by atoms with E-state index in [1.54, 1.807) is 11.1 Å². The number of esters is 1. The van der Waals surface area contributed by atoms with E-state index >= 15 is 0 Å². The lowest BCUT2D eigenvalue weighted by Gasteiger charge is -2.29. The number of imidazole rings is 1. The fourth-order valence-corrected chi connectivity index (χ4v) is 5.21. The Bertz CT molecular complexity index is 1170. The molecule has 0 spiro atoms. The molecule has 180 valence electrons. The molecule has 4 rings (SSSR count). The second kappa shape index (κ2) is 9.84. The maximum Gasteiger partial charge on any atom is 0.306 e. The first-order valence-electron chi connectivity index (χ1n) is 11.3. The monoisotopic (exact) mass is 483 g/mol. The van der Waals surface area contributed by atoms with Crippen molar-refractivity contribution in [1.82, 2.24) is 14.3 Å². The van der Waals surface area contributed by atoms with Crippen LogP contribution in [0.1, 0.15) is 33.1 Å². The van der Waals surface area contributed by atoms with Gasteiger partial charge in [0, 0.05) is 18.4 Å². The molecule has 0 radical (unpaired) electrons. The maximum atomic E-state index is 13.2. The Kier molecular flexibility index (Phi) is 6.87. The summed E-state index contributed by atoms with van der Waals surface area (Å²) in [6.45, 7) is 4.28. The number of methoxy groups -OCH3 is 1. The van der Waals surface area contributed by atoms with Crippen molar-refractivity contribution in [2.75, 3.05) is 24.7 Å². The van der Waals surface area contributed by atoms with E-state index < -0.39 is 17.9 Å². The van der Waals surface area contributed by atoms with Crippen LogP contribution in [0.15, 0.2) is 36.7 Å². The minimum absolute atomic E-state index is 0.00546. The minimum Gasteiger partial charge on any atom is -0.469 e. The van der Waals surface area contributed by atoms with E-state index in [0.29, 0.717) is 24.5 Å². The molecule has 0 aliphatic carbocycles. The summed E-state index contributed by atoms with van der Waals surface area (Å²) in [6, 6.07) is 7.04. The third kappa shape index (κ3) is 4.91. The van der Waals surface area contributed by atoms with Crippen LogP contribution < -0.4 is 11.1 Å². The van der Waals surface area contributed by atoms with Gasteiger partial charge < -0.3 is 20.7 Å². The lowest BCUT2D eigenvalue weighted by atomic mass is 9.90. The Labute approximate surface area is 201 Å². The van der Waals surface area contributed by atoms with Crippen molar-refractivity contribution in [3.05, 3.63) is 36.7 Å². The number of ether oxygens (including phenoxy) is 1. The van der Waals surface area contributed by atoms with Gasteiger partial charge in [-0.3, -0.25) is 18.8 Å². The van der Waals surface area contributed by atoms with Crippen LogP contribution >= 0.6 is 11.3 Å². The molecule has 0 unspecified atom stereocenters. The van der Waals surface area contributed by atoms with Gasteiger partial charge >= 0.3 is 5.97 Å². The third-order valence-corrected chi connectivity index (χ3v) is 7.22. The van der Waals surface area contributed by atoms with Crippen molar-refractivity contribution in [2.24, 2.45) is 11.8 Å². The number of thiazole rings is 1. The van der Waals surface area contributed by atoms with Gasteiger partial charge in [0.2, 0.25) is 11.8 Å². The number of hydrogen-bond donors (Lipinski definition) is 2. The molecule has 3 N–H and O–H groups in total. The van der Waals surface area contributed by atoms with E-state index in [1.807, 2.05) is 48.7 Å². The first kappa shape index (κ1) is 23.7. The van der Waals surface area contributed by atoms with E-state index in [-0.39, 0.29) is 24.2 Å². The maximum absolute atomic E-state index is 13.2. The van der Waals surface area contributed by atoms with Crippen molar-refractivity contribution in [3.8, 4) is 10.4 Å². The molecule has 1 fully saturated rings. The summed E-state index contributed by atoms with van der Waals surface area (Å²) in [4.78, 5) is 46.0. The molecule has 3 aromatic rings. The quantitative estimate of drug-likeness (QED) is 0.393. The Morgan fingerprint density at radius 1 is 1.24 bits per heavy atom. The predicted octanol–water partition coefficient (Wildman–Crippen LogP) is 3.41. The second-order valence-electron chi connectivity index (χ2n) is 8.84. The van der Waals surface area contributed by atoms with Crippen LogP contribution in [-0.4, -0.2) is 51.8 Å². The zero-order valence-corrected chi connectivity index (χ0v) is 20.3. The van der Waals surface area contributed by atoms with Gasteiger partial charge in [0.15, 0.2) is 10.8 Å². The first-order chi connectivity index (χ1) is 16.3. The highest BCUT2D eigenvalue weighted by atomic mass is 32.1. The zero-order valence-electron chi connectivity index (χ0n) is 19.5. The van der Waals surface area contributed by atoms with Crippen molar-refractivity contribution in [3.63, 3.8) is 0 Å². The Morgan fingerprint density at radius 3 is 2.62 bits per heavy atom. The van der Waals surface area contributed by atoms with Crippen LogP contribution in [0.4, 0.5) is 11.5 Å². The van der Waals surface area contributed by atoms with Crippen molar-refractivity contribution in [2.45, 2.75) is 39.2 Å². The highest BCUT2D eigenvalue weighted by Crippen LogP contribution is 2.30. The zero-order chi connectivity index (χ0) is 24.4. The number of amides is 2. The smallest absolute Gasteiger partial charge is 0.306 e. The molecule has 1 aromatic carbocycles. The molecule has 0 saturated carbocycles. The van der Waals surface area contributed by atoms with Gasteiger partial charge in [-0.1, -0.05) is 37.3 Å². The number of benzene rings is 1. The second-order valence-corrected chi connectivity index (χ2v) is 9.85. The lowest BCUT2D eigenvalue weighted by Crippen LogP contribution is -2.47. The Balaban J connectivity index is 1.45. The highest BCUT2D eigenvalue weighted by Gasteiger charge is 2.39. The van der Waals surface area contributed by atoms with Crippen LogP contribution in [0.25, 0.3) is 15.4 Å². The summed E-state index contributed by atoms with van der Waals surface area (Å²) in [6.07, 6.45) is 5.03. The molecule has 34 heavy (non-hydrogen) atoms. The Morgan fingerprint density at radius 2 is 1.97 bits per heavy atom. The molecule has 10 heteroatoms. The highest BCUT2D eigenvalue weighted by molar-refractivity contribution is 7.20. The van der Waals surface area contributed by atoms with Gasteiger partial charge in [-0.2, -0.15) is 0 Å². The van der Waals surface area contributed by atoms with Gasteiger partial charge in [0.1, 0.15) is 6.04 Å². The fourth-order valence-electron chi connectivity index (χ4n) is 4.23. The van der Waals surface area contributed by atoms with Crippen molar-refractivity contribution in [1.29, 1.82) is 0 Å². The summed E-state index contributed by atoms with van der Waals surface area (Å²) in [5, 5.41) is 2.86. The molecule has 9 nitrogen and oxygen atoms in total. The molecule has 1 aliphatic rings. The molecule has 2 atom stereocenters. The summed E-state index contributed by atoms with van der Waals surface area (Å²) >= 11 is 1.51. The van der Waals surface area contributed by atoms with Crippen LogP contribution in [0.2, 0.25) is 0 Å². The number of likely N-dealkylation sites (tertiary alicyclic amines) is 1. The number of aromatic nitrogens is 2. The molecule has 1 aliphatic heterocycles. The fraction of sp³-hybridized carbons (Fsp3) is 0.417. The SMILES string of the molecule is COC(=O)C[C@H](C(=O)N1CCC[C@H]1C(=O)Nc1cn2cc(-c3ccc(N)cc3)sc2n1)C(C)C. The molecular formula is C24H29N5O4S. The first-order valence-corrected chi connectivity index (χ1v) is 12.1. The number of nitrogens with two attached hydrogens (primary N) is 1. The third-order valence-electron chi connectivity index (χ3n) is 6.18. The van der Waals surface area contributed by atoms with Gasteiger partial charge in [-0.25, -0.2) is 4.98 Å². The lowest BCUT2D eigenvalue weighted by molar-refractivity contribution is -0.149. The summed E-state index contributed by atoms with van der Waals surface area (Å²) in [5.74, 6) is -1.01. The molecule has 0 bridgehead atoms. The number of nitrogen functional groups attached to an aromatic ring is 1. The number of hydrogen-bond acceptors (Lipinski definition) is 7. The number of carbonyl (C=O) groups excluding carboxylic acids is 3. The summed E-state index contributed by atoms with van der Waals surface area (Å²) < 4.78 is 6.63. The van der Waals surface area contributed by atoms with Gasteiger partial charge in [-0.05, 0) is 36.5 Å². The number of anilines is 2. The van der Waals surface area contributed by atoms with Crippen molar-refractivity contribution < 1.29 is 19.1 Å². The molecule has 1 saturated heterocycles. The predicted molar refractivity (Wildman–Crippen MR) is 131 cm³/mol. The van der Waals surface area contributed by atoms with E-state index in [4.69, 9.17) is 10.5 Å². The van der Waals surface area contributed by atoms with Gasteiger partial charge in [0.05, 0.1) is 30.5 Å². The van der Waals surface area contributed by atoms with Crippen LogP contribution in [-0.2, 0) is 19.1 Å². The van der Waals surface area contributed by atoms with E-state index in [0.717, 1.165) is 21.8 Å². The normalized spacial score (nSPS) is 16.7. The van der Waals surface area contributed by atoms with Crippen LogP contribution in [0, 0.1) is 11.8 Å². The average molecular weight is 484 g/mol. The minimum atomic E-state index is -0.587. The number of carbonyl (C=O) groups is 3. The van der Waals surface area contributed by atoms with E-state index in [2.05, 4.69) is 10.3 Å². The van der Waals surface area contributed by atoms with Crippen LogP contribution in [0.5, 0.6) is 0 Å². The number of fused-ring (bicyclic) bond motifs is 1. The largest absolute Gasteiger partial charge is 0.469 e. The molecule has 3 heterocycles. The molecule has 2 aromatic heterocycles. The average Bonchev–Trinajstić information content (AvgIpc) is 3.52. The molecule has 2 amide bonds. The van der Waals surface area contributed by atoms with E-state index in [1.165, 1.54) is 18.4 Å². The number of nitrogens with zero attached hydrogens (tertiary/aromatic N) is 3. The van der Waals surface area contributed by atoms with E-state index in [9.17, 15) is 14.4 Å².